The number of hydrogen-bond acceptors (Lipinski definition) is 4. The standard InChI is InChI=1S/C14H25N3O4S/c1-9(2)15-14(19)17-7-11-10(13(18)16(3)4)5-6-22(20,21)12(11)8-17/h9-12H,5-8H2,1-4H3,(H,15,19)/t10-,11+,12+/m0/s1. The molecule has 2 aliphatic heterocycles. The Morgan fingerprint density at radius 3 is 2.41 bits per heavy atom. The number of urea groups is 1. The second-order valence-electron chi connectivity index (χ2n) is 6.71. The lowest BCUT2D eigenvalue weighted by Gasteiger charge is -2.33. The van der Waals surface area contributed by atoms with Crippen molar-refractivity contribution in [2.75, 3.05) is 32.9 Å². The van der Waals surface area contributed by atoms with E-state index in [-0.39, 0.29) is 42.1 Å². The van der Waals surface area contributed by atoms with E-state index in [1.54, 1.807) is 14.1 Å². The van der Waals surface area contributed by atoms with Crippen molar-refractivity contribution in [3.05, 3.63) is 0 Å². The highest BCUT2D eigenvalue weighted by Gasteiger charge is 2.51. The van der Waals surface area contributed by atoms with Crippen LogP contribution in [0, 0.1) is 11.8 Å². The van der Waals surface area contributed by atoms with Crippen molar-refractivity contribution >= 4 is 21.8 Å². The average Bonchev–Trinajstić information content (AvgIpc) is 2.83. The number of likely N-dealkylation sites (tertiary alicyclic amines) is 1. The van der Waals surface area contributed by atoms with Gasteiger partial charge in [-0.1, -0.05) is 0 Å². The van der Waals surface area contributed by atoms with Gasteiger partial charge in [0, 0.05) is 45.1 Å². The fourth-order valence-corrected chi connectivity index (χ4v) is 5.47. The van der Waals surface area contributed by atoms with E-state index in [1.807, 2.05) is 13.8 Å². The van der Waals surface area contributed by atoms with Crippen molar-refractivity contribution in [2.24, 2.45) is 11.8 Å². The average molecular weight is 331 g/mol. The van der Waals surface area contributed by atoms with Crippen LogP contribution >= 0.6 is 0 Å². The molecule has 0 unspecified atom stereocenters. The monoisotopic (exact) mass is 331 g/mol. The molecule has 8 heteroatoms. The third kappa shape index (κ3) is 3.21. The molecular formula is C14H25N3O4S. The van der Waals surface area contributed by atoms with E-state index in [0.717, 1.165) is 0 Å². The van der Waals surface area contributed by atoms with Gasteiger partial charge in [-0.2, -0.15) is 0 Å². The van der Waals surface area contributed by atoms with Crippen molar-refractivity contribution < 1.29 is 18.0 Å². The lowest BCUT2D eigenvalue weighted by Crippen LogP contribution is -2.46. The molecule has 7 nitrogen and oxygen atoms in total. The normalized spacial score (nSPS) is 30.0. The van der Waals surface area contributed by atoms with E-state index in [4.69, 9.17) is 0 Å². The van der Waals surface area contributed by atoms with Crippen LogP contribution in [0.3, 0.4) is 0 Å². The first-order valence-electron chi connectivity index (χ1n) is 7.61. The molecule has 2 aliphatic rings. The van der Waals surface area contributed by atoms with Crippen molar-refractivity contribution in [1.29, 1.82) is 0 Å². The molecule has 3 atom stereocenters. The summed E-state index contributed by atoms with van der Waals surface area (Å²) < 4.78 is 24.6. The highest BCUT2D eigenvalue weighted by atomic mass is 32.2. The summed E-state index contributed by atoms with van der Waals surface area (Å²) in [5.41, 5.74) is 0. The summed E-state index contributed by atoms with van der Waals surface area (Å²) in [5, 5.41) is 2.17. The highest BCUT2D eigenvalue weighted by molar-refractivity contribution is 7.92. The maximum atomic E-state index is 12.3. The maximum absolute atomic E-state index is 12.3. The first-order chi connectivity index (χ1) is 10.1. The lowest BCUT2D eigenvalue weighted by atomic mass is 9.87. The minimum Gasteiger partial charge on any atom is -0.349 e. The number of carbonyl (C=O) groups excluding carboxylic acids is 2. The number of hydrogen-bond donors (Lipinski definition) is 1. The summed E-state index contributed by atoms with van der Waals surface area (Å²) in [6, 6.07) is -0.262. The molecular weight excluding hydrogens is 306 g/mol. The van der Waals surface area contributed by atoms with E-state index < -0.39 is 15.1 Å². The van der Waals surface area contributed by atoms with Crippen LogP contribution < -0.4 is 5.32 Å². The fraction of sp³-hybridized carbons (Fsp3) is 0.857. The van der Waals surface area contributed by atoms with Crippen LogP contribution in [0.15, 0.2) is 0 Å². The molecule has 0 aromatic carbocycles. The van der Waals surface area contributed by atoms with E-state index in [2.05, 4.69) is 5.32 Å². The van der Waals surface area contributed by atoms with E-state index in [9.17, 15) is 18.0 Å². The summed E-state index contributed by atoms with van der Waals surface area (Å²) in [5.74, 6) is -0.638. The molecule has 0 bridgehead atoms. The van der Waals surface area contributed by atoms with E-state index >= 15 is 0 Å². The summed E-state index contributed by atoms with van der Waals surface area (Å²) in [6.45, 7) is 4.22. The van der Waals surface area contributed by atoms with Crippen LogP contribution in [0.2, 0.25) is 0 Å². The third-order valence-corrected chi connectivity index (χ3v) is 6.68. The SMILES string of the molecule is CC(C)NC(=O)N1C[C@@H]2[C@@H](C(=O)N(C)C)CCS(=O)(=O)[C@@H]2C1. The van der Waals surface area contributed by atoms with Gasteiger partial charge in [0.2, 0.25) is 5.91 Å². The fourth-order valence-electron chi connectivity index (χ4n) is 3.36. The number of sulfone groups is 1. The maximum Gasteiger partial charge on any atom is 0.317 e. The van der Waals surface area contributed by atoms with E-state index in [0.29, 0.717) is 13.0 Å². The zero-order valence-corrected chi connectivity index (χ0v) is 14.4. The zero-order chi connectivity index (χ0) is 16.7. The Hall–Kier alpha value is -1.31. The first-order valence-corrected chi connectivity index (χ1v) is 9.33. The summed E-state index contributed by atoms with van der Waals surface area (Å²) in [7, 11) is 0.119. The molecule has 0 aromatic heterocycles. The number of amides is 3. The molecule has 2 fully saturated rings. The summed E-state index contributed by atoms with van der Waals surface area (Å²) >= 11 is 0. The van der Waals surface area contributed by atoms with Gasteiger partial charge in [0.15, 0.2) is 9.84 Å². The Bertz CT molecular complexity index is 558. The molecule has 22 heavy (non-hydrogen) atoms. The molecule has 2 heterocycles. The predicted molar refractivity (Wildman–Crippen MR) is 83.1 cm³/mol. The number of carbonyl (C=O) groups is 2. The van der Waals surface area contributed by atoms with Crippen LogP contribution in [-0.4, -0.2) is 74.4 Å². The summed E-state index contributed by atoms with van der Waals surface area (Å²) in [4.78, 5) is 27.5. The van der Waals surface area contributed by atoms with Crippen molar-refractivity contribution in [2.45, 2.75) is 31.6 Å². The molecule has 0 aliphatic carbocycles. The van der Waals surface area contributed by atoms with Gasteiger partial charge in [0.05, 0.1) is 11.0 Å². The Kier molecular flexibility index (Phi) is 4.70. The minimum absolute atomic E-state index is 0.00839. The van der Waals surface area contributed by atoms with Crippen LogP contribution in [0.25, 0.3) is 0 Å². The zero-order valence-electron chi connectivity index (χ0n) is 13.6. The molecule has 0 spiro atoms. The molecule has 1 N–H and O–H groups in total. The van der Waals surface area contributed by atoms with Gasteiger partial charge < -0.3 is 15.1 Å². The Balaban J connectivity index is 2.21. The lowest BCUT2D eigenvalue weighted by molar-refractivity contribution is -0.134. The number of rotatable bonds is 2. The quantitative estimate of drug-likeness (QED) is 0.767. The van der Waals surface area contributed by atoms with Crippen molar-refractivity contribution in [3.63, 3.8) is 0 Å². The second-order valence-corrected chi connectivity index (χ2v) is 9.05. The Morgan fingerprint density at radius 2 is 1.86 bits per heavy atom. The molecule has 0 radical (unpaired) electrons. The topological polar surface area (TPSA) is 86.8 Å². The number of nitrogens with zero attached hydrogens (tertiary/aromatic N) is 2. The van der Waals surface area contributed by atoms with Gasteiger partial charge in [-0.15, -0.1) is 0 Å². The van der Waals surface area contributed by atoms with Gasteiger partial charge in [-0.3, -0.25) is 4.79 Å². The van der Waals surface area contributed by atoms with Crippen LogP contribution in [-0.2, 0) is 14.6 Å². The number of fused-ring (bicyclic) bond motifs is 1. The van der Waals surface area contributed by atoms with Gasteiger partial charge in [0.1, 0.15) is 0 Å². The number of nitrogens with one attached hydrogen (secondary N) is 1. The largest absolute Gasteiger partial charge is 0.349 e. The molecule has 0 saturated carbocycles. The first kappa shape index (κ1) is 17.1. The van der Waals surface area contributed by atoms with Gasteiger partial charge in [0.25, 0.3) is 0 Å². The Morgan fingerprint density at radius 1 is 1.23 bits per heavy atom. The molecule has 3 amide bonds. The predicted octanol–water partition coefficient (Wildman–Crippen LogP) is -0.0723. The molecule has 0 aromatic rings. The minimum atomic E-state index is -3.24. The van der Waals surface area contributed by atoms with Gasteiger partial charge >= 0.3 is 6.03 Å². The third-order valence-electron chi connectivity index (χ3n) is 4.46. The Labute approximate surface area is 131 Å². The molecule has 2 saturated heterocycles. The highest BCUT2D eigenvalue weighted by Crippen LogP contribution is 2.37. The second kappa shape index (κ2) is 6.06. The van der Waals surface area contributed by atoms with E-state index in [1.165, 1.54) is 9.80 Å². The smallest absolute Gasteiger partial charge is 0.317 e. The van der Waals surface area contributed by atoms with Crippen molar-refractivity contribution in [3.8, 4) is 0 Å². The summed E-state index contributed by atoms with van der Waals surface area (Å²) in [6.07, 6.45) is 0.347. The molecule has 2 rings (SSSR count). The van der Waals surface area contributed by atoms with Crippen molar-refractivity contribution in [1.82, 2.24) is 15.1 Å². The van der Waals surface area contributed by atoms with Gasteiger partial charge in [-0.05, 0) is 20.3 Å². The molecule has 126 valence electrons. The van der Waals surface area contributed by atoms with Crippen LogP contribution in [0.1, 0.15) is 20.3 Å². The van der Waals surface area contributed by atoms with Gasteiger partial charge in [-0.25, -0.2) is 13.2 Å². The van der Waals surface area contributed by atoms with Crippen LogP contribution in [0.5, 0.6) is 0 Å². The van der Waals surface area contributed by atoms with Crippen LogP contribution in [0.4, 0.5) is 4.79 Å².